The van der Waals surface area contributed by atoms with Gasteiger partial charge in [0.15, 0.2) is 0 Å². The number of hydrogen-bond acceptors (Lipinski definition) is 3. The van der Waals surface area contributed by atoms with E-state index in [9.17, 15) is 4.79 Å². The summed E-state index contributed by atoms with van der Waals surface area (Å²) in [4.78, 5) is 11.9. The van der Waals surface area contributed by atoms with Crippen LogP contribution in [-0.4, -0.2) is 19.6 Å². The van der Waals surface area contributed by atoms with E-state index >= 15 is 0 Å². The summed E-state index contributed by atoms with van der Waals surface area (Å²) in [7, 11) is 1.58. The van der Waals surface area contributed by atoms with Crippen molar-refractivity contribution >= 4 is 28.9 Å². The van der Waals surface area contributed by atoms with Gasteiger partial charge in [-0.25, -0.2) is 0 Å². The highest BCUT2D eigenvalue weighted by molar-refractivity contribution is 6.33. The maximum atomic E-state index is 11.9. The molecule has 0 saturated carbocycles. The smallest absolute Gasteiger partial charge is 0.243 e. The summed E-state index contributed by atoms with van der Waals surface area (Å²) in [6, 6.07) is 12.9. The zero-order chi connectivity index (χ0) is 15.2. The molecule has 0 atom stereocenters. The third-order valence-electron chi connectivity index (χ3n) is 2.91. The molecule has 1 amide bonds. The highest BCUT2D eigenvalue weighted by atomic mass is 35.5. The van der Waals surface area contributed by atoms with Gasteiger partial charge in [-0.1, -0.05) is 23.7 Å². The number of benzene rings is 2. The van der Waals surface area contributed by atoms with Crippen molar-refractivity contribution in [3.05, 3.63) is 53.1 Å². The molecule has 2 aromatic rings. The van der Waals surface area contributed by atoms with Crippen LogP contribution in [0.25, 0.3) is 0 Å². The highest BCUT2D eigenvalue weighted by Crippen LogP contribution is 2.26. The molecule has 21 heavy (non-hydrogen) atoms. The summed E-state index contributed by atoms with van der Waals surface area (Å²) in [5.41, 5.74) is 2.53. The lowest BCUT2D eigenvalue weighted by Gasteiger charge is -2.10. The number of rotatable bonds is 5. The lowest BCUT2D eigenvalue weighted by molar-refractivity contribution is -0.114. The van der Waals surface area contributed by atoms with Gasteiger partial charge < -0.3 is 15.4 Å². The third kappa shape index (κ3) is 4.39. The molecule has 0 aromatic heterocycles. The van der Waals surface area contributed by atoms with Gasteiger partial charge in [0.2, 0.25) is 5.91 Å². The predicted octanol–water partition coefficient (Wildman–Crippen LogP) is 3.71. The van der Waals surface area contributed by atoms with Gasteiger partial charge in [0.1, 0.15) is 5.75 Å². The van der Waals surface area contributed by atoms with Crippen LogP contribution in [0.5, 0.6) is 5.75 Å². The number of anilines is 2. The number of carbonyl (C=O) groups is 1. The van der Waals surface area contributed by atoms with Gasteiger partial charge in [-0.2, -0.15) is 0 Å². The summed E-state index contributed by atoms with van der Waals surface area (Å²) >= 11 is 6.07. The van der Waals surface area contributed by atoms with E-state index in [2.05, 4.69) is 10.6 Å². The highest BCUT2D eigenvalue weighted by Gasteiger charge is 2.06. The maximum absolute atomic E-state index is 11.9. The molecule has 0 aliphatic heterocycles. The fraction of sp³-hybridized carbons (Fsp3) is 0.188. The van der Waals surface area contributed by atoms with Crippen molar-refractivity contribution < 1.29 is 9.53 Å². The molecule has 2 rings (SSSR count). The molecule has 0 radical (unpaired) electrons. The van der Waals surface area contributed by atoms with Crippen LogP contribution in [-0.2, 0) is 4.79 Å². The van der Waals surface area contributed by atoms with E-state index in [1.54, 1.807) is 25.3 Å². The maximum Gasteiger partial charge on any atom is 0.243 e. The molecule has 0 unspecified atom stereocenters. The van der Waals surface area contributed by atoms with Crippen molar-refractivity contribution in [2.24, 2.45) is 0 Å². The Labute approximate surface area is 129 Å². The largest absolute Gasteiger partial charge is 0.497 e. The summed E-state index contributed by atoms with van der Waals surface area (Å²) < 4.78 is 5.13. The summed E-state index contributed by atoms with van der Waals surface area (Å²) in [6.45, 7) is 2.10. The Morgan fingerprint density at radius 2 is 2.05 bits per heavy atom. The average molecular weight is 305 g/mol. The number of nitrogens with one attached hydrogen (secondary N) is 2. The number of carbonyl (C=O) groups excluding carboxylic acids is 1. The topological polar surface area (TPSA) is 50.4 Å². The number of ether oxygens (including phenoxy) is 1. The van der Waals surface area contributed by atoms with Crippen molar-refractivity contribution in [2.45, 2.75) is 6.92 Å². The van der Waals surface area contributed by atoms with E-state index in [4.69, 9.17) is 16.3 Å². The first-order chi connectivity index (χ1) is 10.1. The zero-order valence-electron chi connectivity index (χ0n) is 11.9. The summed E-state index contributed by atoms with van der Waals surface area (Å²) in [5.74, 6) is 0.542. The van der Waals surface area contributed by atoms with Gasteiger partial charge in [0, 0.05) is 11.8 Å². The van der Waals surface area contributed by atoms with Gasteiger partial charge >= 0.3 is 0 Å². The molecule has 0 aliphatic rings. The number of amides is 1. The van der Waals surface area contributed by atoms with Gasteiger partial charge in [0.25, 0.3) is 0 Å². The number of methoxy groups -OCH3 is 1. The number of hydrogen-bond donors (Lipinski definition) is 2. The van der Waals surface area contributed by atoms with Gasteiger partial charge in [-0.3, -0.25) is 4.79 Å². The third-order valence-corrected chi connectivity index (χ3v) is 3.24. The molecule has 110 valence electrons. The molecule has 0 spiro atoms. The first-order valence-electron chi connectivity index (χ1n) is 6.52. The molecule has 2 aromatic carbocycles. The van der Waals surface area contributed by atoms with Crippen molar-refractivity contribution in [2.75, 3.05) is 24.3 Å². The van der Waals surface area contributed by atoms with Crippen LogP contribution >= 0.6 is 11.6 Å². The molecular formula is C16H17ClN2O2. The van der Waals surface area contributed by atoms with Crippen molar-refractivity contribution in [3.63, 3.8) is 0 Å². The Morgan fingerprint density at radius 3 is 2.76 bits per heavy atom. The van der Waals surface area contributed by atoms with E-state index in [0.717, 1.165) is 11.3 Å². The van der Waals surface area contributed by atoms with E-state index in [0.29, 0.717) is 16.5 Å². The fourth-order valence-electron chi connectivity index (χ4n) is 1.87. The standard InChI is InChI=1S/C16H17ClN2O2/c1-11-4-3-5-12(8-11)19-16(20)10-18-15-9-13(21-2)6-7-14(15)17/h3-9,18H,10H2,1-2H3,(H,19,20). The van der Waals surface area contributed by atoms with Crippen LogP contribution < -0.4 is 15.4 Å². The lowest BCUT2D eigenvalue weighted by Crippen LogP contribution is -2.21. The zero-order valence-corrected chi connectivity index (χ0v) is 12.7. The SMILES string of the molecule is COc1ccc(Cl)c(NCC(=O)Nc2cccc(C)c2)c1. The predicted molar refractivity (Wildman–Crippen MR) is 86.3 cm³/mol. The Kier molecular flexibility index (Phi) is 5.06. The fourth-order valence-corrected chi connectivity index (χ4v) is 2.05. The quantitative estimate of drug-likeness (QED) is 0.885. The number of aryl methyl sites for hydroxylation is 1. The van der Waals surface area contributed by atoms with Crippen molar-refractivity contribution in [1.82, 2.24) is 0 Å². The van der Waals surface area contributed by atoms with Gasteiger partial charge in [0.05, 0.1) is 24.4 Å². The van der Waals surface area contributed by atoms with Crippen LogP contribution in [0, 0.1) is 6.92 Å². The minimum Gasteiger partial charge on any atom is -0.497 e. The second kappa shape index (κ2) is 6.99. The minimum absolute atomic E-state index is 0.126. The molecule has 0 bridgehead atoms. The molecule has 2 N–H and O–H groups in total. The second-order valence-corrected chi connectivity index (χ2v) is 5.02. The average Bonchev–Trinajstić information content (AvgIpc) is 2.46. The van der Waals surface area contributed by atoms with Gasteiger partial charge in [-0.15, -0.1) is 0 Å². The second-order valence-electron chi connectivity index (χ2n) is 4.62. The monoisotopic (exact) mass is 304 g/mol. The Morgan fingerprint density at radius 1 is 1.24 bits per heavy atom. The lowest BCUT2D eigenvalue weighted by atomic mass is 10.2. The van der Waals surface area contributed by atoms with Crippen molar-refractivity contribution in [1.29, 1.82) is 0 Å². The Bertz CT molecular complexity index is 644. The Hall–Kier alpha value is -2.20. The van der Waals surface area contributed by atoms with Crippen LogP contribution in [0.4, 0.5) is 11.4 Å². The first-order valence-corrected chi connectivity index (χ1v) is 6.90. The molecule has 4 nitrogen and oxygen atoms in total. The van der Waals surface area contributed by atoms with E-state index < -0.39 is 0 Å². The Balaban J connectivity index is 1.95. The molecule has 5 heteroatoms. The molecule has 0 heterocycles. The molecule has 0 aliphatic carbocycles. The van der Waals surface area contributed by atoms with Gasteiger partial charge in [-0.05, 0) is 36.8 Å². The van der Waals surface area contributed by atoms with Crippen LogP contribution in [0.1, 0.15) is 5.56 Å². The summed E-state index contributed by atoms with van der Waals surface area (Å²) in [6.07, 6.45) is 0. The van der Waals surface area contributed by atoms with E-state index in [1.807, 2.05) is 31.2 Å². The van der Waals surface area contributed by atoms with Crippen LogP contribution in [0.2, 0.25) is 5.02 Å². The van der Waals surface area contributed by atoms with E-state index in [1.165, 1.54) is 0 Å². The van der Waals surface area contributed by atoms with Crippen LogP contribution in [0.3, 0.4) is 0 Å². The normalized spacial score (nSPS) is 10.0. The first kappa shape index (κ1) is 15.2. The molecule has 0 saturated heterocycles. The van der Waals surface area contributed by atoms with Crippen LogP contribution in [0.15, 0.2) is 42.5 Å². The summed E-state index contributed by atoms with van der Waals surface area (Å²) in [5, 5.41) is 6.36. The minimum atomic E-state index is -0.139. The molecular weight excluding hydrogens is 288 g/mol. The number of halogens is 1. The molecule has 0 fully saturated rings. The van der Waals surface area contributed by atoms with E-state index in [-0.39, 0.29) is 12.5 Å². The van der Waals surface area contributed by atoms with Crippen molar-refractivity contribution in [3.8, 4) is 5.75 Å².